The average Bonchev–Trinajstić information content (AvgIpc) is 2.88. The van der Waals surface area contributed by atoms with Gasteiger partial charge in [-0.05, 0) is 39.3 Å². The Balaban J connectivity index is 1.95. The van der Waals surface area contributed by atoms with Crippen molar-refractivity contribution in [3.8, 4) is 0 Å². The highest BCUT2D eigenvalue weighted by Crippen LogP contribution is 2.15. The predicted molar refractivity (Wildman–Crippen MR) is 88.7 cm³/mol. The number of nitrogens with one attached hydrogen (secondary N) is 1. The fourth-order valence-corrected chi connectivity index (χ4v) is 2.86. The Kier molecular flexibility index (Phi) is 6.18. The molecule has 1 N–H and O–H groups in total. The molecule has 1 fully saturated rings. The fraction of sp³-hybridized carbons (Fsp3) is 0.800. The van der Waals surface area contributed by atoms with Crippen molar-refractivity contribution in [1.29, 1.82) is 0 Å². The first-order valence-corrected chi connectivity index (χ1v) is 8.11. The number of likely N-dealkylation sites (tertiary alicyclic amines) is 1. The molecule has 2 rings (SSSR count). The van der Waals surface area contributed by atoms with Gasteiger partial charge in [0.2, 0.25) is 0 Å². The molecule has 0 radical (unpaired) electrons. The molecule has 0 aromatic carbocycles. The number of hydrogen-bond donors (Lipinski definition) is 1. The van der Waals surface area contributed by atoms with Crippen LogP contribution >= 0.6 is 0 Å². The lowest BCUT2D eigenvalue weighted by Gasteiger charge is -2.29. The van der Waals surface area contributed by atoms with Gasteiger partial charge >= 0.3 is 0 Å². The summed E-state index contributed by atoms with van der Waals surface area (Å²) in [5.74, 6) is 2.54. The van der Waals surface area contributed by atoms with Crippen LogP contribution in [0.5, 0.6) is 0 Å². The number of nitrogens with zero attached hydrogens (tertiary/aromatic N) is 6. The van der Waals surface area contributed by atoms with E-state index >= 15 is 0 Å². The summed E-state index contributed by atoms with van der Waals surface area (Å²) in [5, 5.41) is 7.49. The Labute approximate surface area is 133 Å². The molecule has 1 unspecified atom stereocenters. The molecule has 1 saturated heterocycles. The van der Waals surface area contributed by atoms with Crippen LogP contribution in [0.4, 0.5) is 0 Å². The topological polar surface area (TPSA) is 61.6 Å². The monoisotopic (exact) mass is 307 g/mol. The lowest BCUT2D eigenvalue weighted by molar-refractivity contribution is 0.214. The van der Waals surface area contributed by atoms with Gasteiger partial charge in [0.1, 0.15) is 12.2 Å². The standard InChI is InChI=1S/C15H29N7/c1-5-16-15(17-9-13-7-6-8-20(2)10-13)21(3)11-14-18-12-19-22(14)4/h12-13H,5-11H2,1-4H3,(H,16,17). The molecule has 0 saturated carbocycles. The van der Waals surface area contributed by atoms with Gasteiger partial charge in [-0.2, -0.15) is 5.10 Å². The van der Waals surface area contributed by atoms with Gasteiger partial charge in [0.25, 0.3) is 0 Å². The van der Waals surface area contributed by atoms with E-state index in [0.29, 0.717) is 12.5 Å². The van der Waals surface area contributed by atoms with Crippen LogP contribution in [0.1, 0.15) is 25.6 Å². The smallest absolute Gasteiger partial charge is 0.194 e. The number of aryl methyl sites for hydroxylation is 1. The number of rotatable bonds is 5. The zero-order valence-electron chi connectivity index (χ0n) is 14.3. The van der Waals surface area contributed by atoms with E-state index in [-0.39, 0.29) is 0 Å². The van der Waals surface area contributed by atoms with Crippen LogP contribution in [-0.2, 0) is 13.6 Å². The minimum Gasteiger partial charge on any atom is -0.357 e. The van der Waals surface area contributed by atoms with Gasteiger partial charge in [0.15, 0.2) is 5.96 Å². The van der Waals surface area contributed by atoms with Gasteiger partial charge in [-0.15, -0.1) is 0 Å². The Morgan fingerprint density at radius 3 is 2.95 bits per heavy atom. The maximum absolute atomic E-state index is 4.83. The van der Waals surface area contributed by atoms with E-state index in [0.717, 1.165) is 31.4 Å². The quantitative estimate of drug-likeness (QED) is 0.636. The summed E-state index contributed by atoms with van der Waals surface area (Å²) in [6.07, 6.45) is 4.15. The molecule has 1 aromatic rings. The van der Waals surface area contributed by atoms with E-state index < -0.39 is 0 Å². The summed E-state index contributed by atoms with van der Waals surface area (Å²) in [5.41, 5.74) is 0. The molecule has 7 heteroatoms. The van der Waals surface area contributed by atoms with Crippen molar-refractivity contribution in [3.05, 3.63) is 12.2 Å². The van der Waals surface area contributed by atoms with Crippen LogP contribution < -0.4 is 5.32 Å². The molecule has 1 aliphatic heterocycles. The minimum atomic E-state index is 0.663. The maximum Gasteiger partial charge on any atom is 0.194 e. The SMILES string of the molecule is CCNC(=NCC1CCCN(C)C1)N(C)Cc1ncnn1C. The first-order chi connectivity index (χ1) is 10.6. The van der Waals surface area contributed by atoms with Crippen LogP contribution in [0.25, 0.3) is 0 Å². The molecular weight excluding hydrogens is 278 g/mol. The number of piperidine rings is 1. The van der Waals surface area contributed by atoms with E-state index in [1.165, 1.54) is 19.4 Å². The molecule has 0 spiro atoms. The molecule has 22 heavy (non-hydrogen) atoms. The van der Waals surface area contributed by atoms with E-state index in [2.05, 4.69) is 39.2 Å². The van der Waals surface area contributed by atoms with Crippen LogP contribution in [0.3, 0.4) is 0 Å². The van der Waals surface area contributed by atoms with Crippen molar-refractivity contribution in [1.82, 2.24) is 29.9 Å². The van der Waals surface area contributed by atoms with Gasteiger partial charge in [-0.3, -0.25) is 9.67 Å². The number of aliphatic imine (C=N–C) groups is 1. The molecule has 1 aliphatic rings. The van der Waals surface area contributed by atoms with Gasteiger partial charge in [0, 0.05) is 33.7 Å². The Morgan fingerprint density at radius 2 is 2.32 bits per heavy atom. The molecule has 0 aliphatic carbocycles. The lowest BCUT2D eigenvalue weighted by Crippen LogP contribution is -2.40. The van der Waals surface area contributed by atoms with E-state index in [9.17, 15) is 0 Å². The summed E-state index contributed by atoms with van der Waals surface area (Å²) >= 11 is 0. The first kappa shape index (κ1) is 16.7. The van der Waals surface area contributed by atoms with Gasteiger partial charge in [-0.25, -0.2) is 4.98 Å². The normalized spacial score (nSPS) is 20.2. The molecule has 0 amide bonds. The van der Waals surface area contributed by atoms with Crippen LogP contribution in [0, 0.1) is 5.92 Å². The highest BCUT2D eigenvalue weighted by molar-refractivity contribution is 5.79. The third kappa shape index (κ3) is 4.69. The second kappa shape index (κ2) is 8.12. The summed E-state index contributed by atoms with van der Waals surface area (Å²) < 4.78 is 1.80. The Morgan fingerprint density at radius 1 is 1.50 bits per heavy atom. The molecular formula is C15H29N7. The van der Waals surface area contributed by atoms with Crippen molar-refractivity contribution in [2.24, 2.45) is 18.0 Å². The van der Waals surface area contributed by atoms with Gasteiger partial charge < -0.3 is 15.1 Å². The predicted octanol–water partition coefficient (Wildman–Crippen LogP) is 0.554. The van der Waals surface area contributed by atoms with E-state index in [1.54, 1.807) is 11.0 Å². The third-order valence-corrected chi connectivity index (χ3v) is 4.10. The van der Waals surface area contributed by atoms with Crippen LogP contribution in [0.2, 0.25) is 0 Å². The summed E-state index contributed by atoms with van der Waals surface area (Å²) in [4.78, 5) is 13.6. The summed E-state index contributed by atoms with van der Waals surface area (Å²) in [6, 6.07) is 0. The highest BCUT2D eigenvalue weighted by Gasteiger charge is 2.17. The third-order valence-electron chi connectivity index (χ3n) is 4.10. The van der Waals surface area contributed by atoms with Crippen molar-refractivity contribution >= 4 is 5.96 Å². The van der Waals surface area contributed by atoms with Crippen molar-refractivity contribution in [2.75, 3.05) is 40.3 Å². The molecule has 1 aromatic heterocycles. The highest BCUT2D eigenvalue weighted by atomic mass is 15.4. The number of hydrogen-bond acceptors (Lipinski definition) is 4. The van der Waals surface area contributed by atoms with Gasteiger partial charge in [0.05, 0.1) is 6.54 Å². The summed E-state index contributed by atoms with van der Waals surface area (Å²) in [6.45, 7) is 6.91. The Hall–Kier alpha value is -1.63. The molecule has 1 atom stereocenters. The fourth-order valence-electron chi connectivity index (χ4n) is 2.86. The van der Waals surface area contributed by atoms with Crippen LogP contribution in [-0.4, -0.2) is 70.8 Å². The largest absolute Gasteiger partial charge is 0.357 e. The van der Waals surface area contributed by atoms with E-state index in [4.69, 9.17) is 4.99 Å². The van der Waals surface area contributed by atoms with Gasteiger partial charge in [-0.1, -0.05) is 0 Å². The second-order valence-electron chi connectivity index (χ2n) is 6.12. The molecule has 124 valence electrons. The first-order valence-electron chi connectivity index (χ1n) is 8.11. The zero-order valence-corrected chi connectivity index (χ0v) is 14.3. The molecule has 2 heterocycles. The minimum absolute atomic E-state index is 0.663. The van der Waals surface area contributed by atoms with Crippen molar-refractivity contribution in [3.63, 3.8) is 0 Å². The lowest BCUT2D eigenvalue weighted by atomic mass is 9.99. The average molecular weight is 307 g/mol. The molecule has 0 bridgehead atoms. The second-order valence-corrected chi connectivity index (χ2v) is 6.12. The Bertz CT molecular complexity index is 482. The number of guanidine groups is 1. The van der Waals surface area contributed by atoms with Crippen molar-refractivity contribution in [2.45, 2.75) is 26.3 Å². The zero-order chi connectivity index (χ0) is 15.9. The summed E-state index contributed by atoms with van der Waals surface area (Å²) in [7, 11) is 6.16. The van der Waals surface area contributed by atoms with E-state index in [1.807, 2.05) is 14.1 Å². The number of aromatic nitrogens is 3. The molecule has 7 nitrogen and oxygen atoms in total. The van der Waals surface area contributed by atoms with Crippen molar-refractivity contribution < 1.29 is 0 Å². The maximum atomic E-state index is 4.83. The van der Waals surface area contributed by atoms with Crippen LogP contribution in [0.15, 0.2) is 11.3 Å².